The zero-order chi connectivity index (χ0) is 24.5. The molecule has 0 bridgehead atoms. The van der Waals surface area contributed by atoms with Crippen LogP contribution < -0.4 is 10.3 Å². The zero-order valence-electron chi connectivity index (χ0n) is 19.0. The lowest BCUT2D eigenvalue weighted by Gasteiger charge is -2.28. The Balaban J connectivity index is 1.91. The Hall–Kier alpha value is -3.01. The molecular formula is C25H24BrN3O4S. The predicted molar refractivity (Wildman–Crippen MR) is 136 cm³/mol. The summed E-state index contributed by atoms with van der Waals surface area (Å²) in [5.74, 6) is 0.919. The summed E-state index contributed by atoms with van der Waals surface area (Å²) in [6.07, 6.45) is 0.410. The van der Waals surface area contributed by atoms with E-state index >= 15 is 0 Å². The topological polar surface area (TPSA) is 81.5 Å². The minimum atomic E-state index is -3.88. The molecule has 0 amide bonds. The number of hydrogen-bond donors (Lipinski definition) is 0. The van der Waals surface area contributed by atoms with Crippen molar-refractivity contribution in [2.45, 2.75) is 24.3 Å². The number of para-hydroxylation sites is 1. The molecule has 1 atom stereocenters. The lowest BCUT2D eigenvalue weighted by Crippen LogP contribution is -2.36. The molecule has 0 saturated heterocycles. The second-order valence-electron chi connectivity index (χ2n) is 7.72. The molecule has 1 unspecified atom stereocenters. The van der Waals surface area contributed by atoms with Crippen LogP contribution in [0, 0.1) is 0 Å². The Morgan fingerprint density at radius 2 is 1.68 bits per heavy atom. The van der Waals surface area contributed by atoms with E-state index in [0.717, 1.165) is 4.47 Å². The quantitative estimate of drug-likeness (QED) is 0.331. The van der Waals surface area contributed by atoms with Crippen LogP contribution in [-0.4, -0.2) is 36.4 Å². The Morgan fingerprint density at radius 3 is 2.29 bits per heavy atom. The first-order valence-electron chi connectivity index (χ1n) is 10.7. The van der Waals surface area contributed by atoms with E-state index in [0.29, 0.717) is 34.6 Å². The van der Waals surface area contributed by atoms with Gasteiger partial charge >= 0.3 is 0 Å². The molecule has 34 heavy (non-hydrogen) atoms. The van der Waals surface area contributed by atoms with Gasteiger partial charge in [-0.05, 0) is 67.1 Å². The highest BCUT2D eigenvalue weighted by Gasteiger charge is 2.32. The van der Waals surface area contributed by atoms with E-state index in [1.807, 2.05) is 19.1 Å². The van der Waals surface area contributed by atoms with Gasteiger partial charge in [0.1, 0.15) is 11.6 Å². The molecule has 3 aromatic carbocycles. The second kappa shape index (κ2) is 9.69. The number of benzene rings is 3. The van der Waals surface area contributed by atoms with Crippen molar-refractivity contribution in [1.29, 1.82) is 0 Å². The van der Waals surface area contributed by atoms with E-state index in [1.165, 1.54) is 35.2 Å². The van der Waals surface area contributed by atoms with Crippen molar-refractivity contribution in [3.63, 3.8) is 0 Å². The summed E-state index contributed by atoms with van der Waals surface area (Å²) >= 11 is 3.42. The number of sulfonamides is 1. The van der Waals surface area contributed by atoms with Gasteiger partial charge in [0, 0.05) is 11.5 Å². The predicted octanol–water partition coefficient (Wildman–Crippen LogP) is 4.93. The summed E-state index contributed by atoms with van der Waals surface area (Å²) in [5, 5.41) is 0.463. The third kappa shape index (κ3) is 4.38. The third-order valence-electron chi connectivity index (χ3n) is 5.75. The Kier molecular flexibility index (Phi) is 6.88. The maximum atomic E-state index is 13.6. The maximum Gasteiger partial charge on any atom is 0.266 e. The highest BCUT2D eigenvalue weighted by atomic mass is 79.9. The van der Waals surface area contributed by atoms with Gasteiger partial charge in [-0.15, -0.1) is 0 Å². The van der Waals surface area contributed by atoms with Crippen LogP contribution in [0.1, 0.15) is 25.2 Å². The smallest absolute Gasteiger partial charge is 0.266 e. The molecule has 0 fully saturated rings. The fraction of sp³-hybridized carbons (Fsp3) is 0.200. The summed E-state index contributed by atoms with van der Waals surface area (Å²) in [4.78, 5) is 18.5. The number of halogens is 1. The van der Waals surface area contributed by atoms with Crippen LogP contribution in [0.2, 0.25) is 0 Å². The van der Waals surface area contributed by atoms with Crippen molar-refractivity contribution in [2.75, 3.05) is 14.2 Å². The number of hydrogen-bond acceptors (Lipinski definition) is 5. The average Bonchev–Trinajstić information content (AvgIpc) is 2.85. The number of ether oxygens (including phenoxy) is 1. The van der Waals surface area contributed by atoms with Crippen LogP contribution in [0.15, 0.2) is 87.0 Å². The fourth-order valence-corrected chi connectivity index (χ4v) is 5.55. The van der Waals surface area contributed by atoms with Gasteiger partial charge in [0.2, 0.25) is 10.0 Å². The molecule has 0 spiro atoms. The molecule has 0 saturated carbocycles. The number of rotatable bonds is 7. The van der Waals surface area contributed by atoms with Crippen LogP contribution in [0.3, 0.4) is 0 Å². The Bertz CT molecular complexity index is 1480. The summed E-state index contributed by atoms with van der Waals surface area (Å²) < 4.78 is 35.8. The molecule has 9 heteroatoms. The van der Waals surface area contributed by atoms with E-state index in [1.54, 1.807) is 48.5 Å². The minimum Gasteiger partial charge on any atom is -0.497 e. The van der Waals surface area contributed by atoms with Gasteiger partial charge in [-0.3, -0.25) is 9.36 Å². The molecule has 1 aromatic heterocycles. The number of aromatic nitrogens is 2. The molecule has 7 nitrogen and oxygen atoms in total. The van der Waals surface area contributed by atoms with Crippen molar-refractivity contribution in [3.8, 4) is 11.4 Å². The summed E-state index contributed by atoms with van der Waals surface area (Å²) in [6, 6.07) is 19.9. The first-order chi connectivity index (χ1) is 16.3. The molecule has 4 rings (SSSR count). The fourth-order valence-electron chi connectivity index (χ4n) is 3.90. The molecule has 0 aliphatic carbocycles. The zero-order valence-corrected chi connectivity index (χ0v) is 21.4. The number of nitrogens with zero attached hydrogens (tertiary/aromatic N) is 3. The van der Waals surface area contributed by atoms with Gasteiger partial charge in [0.15, 0.2) is 0 Å². The van der Waals surface area contributed by atoms with Gasteiger partial charge in [-0.25, -0.2) is 13.4 Å². The Labute approximate surface area is 206 Å². The van der Waals surface area contributed by atoms with E-state index in [-0.39, 0.29) is 10.5 Å². The highest BCUT2D eigenvalue weighted by molar-refractivity contribution is 9.10. The van der Waals surface area contributed by atoms with Crippen molar-refractivity contribution >= 4 is 36.9 Å². The Morgan fingerprint density at radius 1 is 1.03 bits per heavy atom. The van der Waals surface area contributed by atoms with E-state index in [4.69, 9.17) is 9.72 Å². The van der Waals surface area contributed by atoms with Crippen LogP contribution in [0.5, 0.6) is 5.75 Å². The third-order valence-corrected chi connectivity index (χ3v) is 8.16. The van der Waals surface area contributed by atoms with Gasteiger partial charge < -0.3 is 4.74 Å². The van der Waals surface area contributed by atoms with Crippen LogP contribution >= 0.6 is 15.9 Å². The van der Waals surface area contributed by atoms with Gasteiger partial charge in [0.05, 0.1) is 34.6 Å². The molecular weight excluding hydrogens is 518 g/mol. The van der Waals surface area contributed by atoms with Crippen molar-refractivity contribution in [2.24, 2.45) is 0 Å². The SMILES string of the molecule is CCC(c1nc2ccccc2c(=O)n1-c1ccc(Br)cc1)N(C)S(=O)(=O)c1ccc(OC)cc1. The van der Waals surface area contributed by atoms with E-state index in [9.17, 15) is 13.2 Å². The molecule has 0 radical (unpaired) electrons. The molecule has 176 valence electrons. The standard InChI is InChI=1S/C25H24BrN3O4S/c1-4-23(28(2)34(31,32)20-15-13-19(33-3)14-16-20)24-27-22-8-6-5-7-21(22)25(30)29(24)18-11-9-17(26)10-12-18/h5-16,23H,4H2,1-3H3. The van der Waals surface area contributed by atoms with E-state index < -0.39 is 16.1 Å². The molecule has 0 aliphatic heterocycles. The van der Waals surface area contributed by atoms with Gasteiger partial charge in [0.25, 0.3) is 5.56 Å². The average molecular weight is 542 g/mol. The lowest BCUT2D eigenvalue weighted by atomic mass is 10.1. The number of fused-ring (bicyclic) bond motifs is 1. The first-order valence-corrected chi connectivity index (χ1v) is 12.9. The maximum absolute atomic E-state index is 13.6. The molecule has 4 aromatic rings. The summed E-state index contributed by atoms with van der Waals surface area (Å²) in [5.41, 5.74) is 0.872. The normalized spacial score (nSPS) is 12.7. The summed E-state index contributed by atoms with van der Waals surface area (Å²) in [7, 11) is -0.842. The summed E-state index contributed by atoms with van der Waals surface area (Å²) in [6.45, 7) is 1.87. The van der Waals surface area contributed by atoms with Crippen LogP contribution in [0.4, 0.5) is 0 Å². The van der Waals surface area contributed by atoms with Crippen LogP contribution in [0.25, 0.3) is 16.6 Å². The van der Waals surface area contributed by atoms with E-state index in [2.05, 4.69) is 15.9 Å². The lowest BCUT2D eigenvalue weighted by molar-refractivity contribution is 0.347. The van der Waals surface area contributed by atoms with Crippen molar-refractivity contribution in [1.82, 2.24) is 13.9 Å². The molecule has 1 heterocycles. The minimum absolute atomic E-state index is 0.132. The van der Waals surface area contributed by atoms with Crippen molar-refractivity contribution < 1.29 is 13.2 Å². The van der Waals surface area contributed by atoms with Gasteiger partial charge in [-0.2, -0.15) is 4.31 Å². The monoisotopic (exact) mass is 541 g/mol. The largest absolute Gasteiger partial charge is 0.497 e. The highest BCUT2D eigenvalue weighted by Crippen LogP contribution is 2.30. The molecule has 0 aliphatic rings. The van der Waals surface area contributed by atoms with Crippen molar-refractivity contribution in [3.05, 3.63) is 93.4 Å². The van der Waals surface area contributed by atoms with Gasteiger partial charge in [-0.1, -0.05) is 35.0 Å². The van der Waals surface area contributed by atoms with Crippen LogP contribution in [-0.2, 0) is 10.0 Å². The number of methoxy groups -OCH3 is 1. The first kappa shape index (κ1) is 24.1. The molecule has 0 N–H and O–H groups in total. The second-order valence-corrected chi connectivity index (χ2v) is 10.6.